The van der Waals surface area contributed by atoms with Gasteiger partial charge in [-0.15, -0.1) is 0 Å². The maximum atomic E-state index is 14.3. The molecule has 6 nitrogen and oxygen atoms in total. The van der Waals surface area contributed by atoms with Crippen molar-refractivity contribution < 1.29 is 27.8 Å². The molecule has 8 heteroatoms. The third kappa shape index (κ3) is 3.23. The van der Waals surface area contributed by atoms with Gasteiger partial charge in [0.25, 0.3) is 11.6 Å². The number of nitrogens with one attached hydrogen (secondary N) is 2. The number of hydrogen-bond donors (Lipinski definition) is 2. The Hall–Kier alpha value is -3.16. The quantitative estimate of drug-likeness (QED) is 0.875. The fraction of sp³-hybridized carbons (Fsp3) is 0.176. The van der Waals surface area contributed by atoms with Gasteiger partial charge in [-0.25, -0.2) is 4.79 Å². The molecular weight excluding hydrogens is 334 g/mol. The van der Waals surface area contributed by atoms with Crippen molar-refractivity contribution in [1.82, 2.24) is 10.6 Å². The predicted molar refractivity (Wildman–Crippen MR) is 83.5 cm³/mol. The highest BCUT2D eigenvalue weighted by Gasteiger charge is 2.60. The minimum absolute atomic E-state index is 0.0469. The molecule has 0 saturated carbocycles. The third-order valence-corrected chi connectivity index (χ3v) is 3.57. The first-order valence-corrected chi connectivity index (χ1v) is 7.34. The smallest absolute Gasteiger partial charge is 0.454 e. The first-order valence-electron chi connectivity index (χ1n) is 7.34. The van der Waals surface area contributed by atoms with Crippen LogP contribution in [0.2, 0.25) is 0 Å². The summed E-state index contributed by atoms with van der Waals surface area (Å²) in [4.78, 5) is 23.9. The molecule has 1 atom stereocenters. The van der Waals surface area contributed by atoms with Crippen molar-refractivity contribution >= 4 is 11.9 Å². The van der Waals surface area contributed by atoms with Gasteiger partial charge in [-0.2, -0.15) is 8.78 Å². The minimum atomic E-state index is -3.85. The number of carbonyl (C=O) groups is 2. The summed E-state index contributed by atoms with van der Waals surface area (Å²) in [5.74, 6) is -0.833. The van der Waals surface area contributed by atoms with Crippen LogP contribution in [0.25, 0.3) is 0 Å². The molecule has 0 spiro atoms. The molecule has 25 heavy (non-hydrogen) atoms. The lowest BCUT2D eigenvalue weighted by Gasteiger charge is -2.40. The average molecular weight is 348 g/mol. The van der Waals surface area contributed by atoms with Gasteiger partial charge in [-0.1, -0.05) is 30.3 Å². The first-order chi connectivity index (χ1) is 11.8. The molecule has 1 aliphatic rings. The van der Waals surface area contributed by atoms with Gasteiger partial charge in [0.05, 0.1) is 0 Å². The van der Waals surface area contributed by atoms with Gasteiger partial charge < -0.3 is 9.47 Å². The van der Waals surface area contributed by atoms with Gasteiger partial charge >= 0.3 is 12.1 Å². The second-order valence-electron chi connectivity index (χ2n) is 5.48. The average Bonchev–Trinajstić information content (AvgIpc) is 2.56. The zero-order chi connectivity index (χ0) is 18.1. The molecule has 0 saturated heterocycles. The van der Waals surface area contributed by atoms with E-state index in [1.807, 2.05) is 10.6 Å². The molecule has 2 aromatic rings. The van der Waals surface area contributed by atoms with Crippen LogP contribution < -0.4 is 20.1 Å². The van der Waals surface area contributed by atoms with Crippen LogP contribution in [0.1, 0.15) is 17.3 Å². The lowest BCUT2D eigenvalue weighted by molar-refractivity contribution is -0.293. The van der Waals surface area contributed by atoms with E-state index in [0.29, 0.717) is 0 Å². The van der Waals surface area contributed by atoms with E-state index >= 15 is 0 Å². The van der Waals surface area contributed by atoms with E-state index in [1.54, 1.807) is 24.3 Å². The monoisotopic (exact) mass is 348 g/mol. The Balaban J connectivity index is 1.74. The number of urea groups is 1. The van der Waals surface area contributed by atoms with Crippen LogP contribution in [-0.4, -0.2) is 23.8 Å². The van der Waals surface area contributed by atoms with Gasteiger partial charge in [0.2, 0.25) is 0 Å². The normalized spacial score (nSPS) is 20.4. The second-order valence-corrected chi connectivity index (χ2v) is 5.48. The molecule has 0 radical (unpaired) electrons. The minimum Gasteiger partial charge on any atom is -0.454 e. The Morgan fingerprint density at radius 1 is 0.920 bits per heavy atom. The third-order valence-electron chi connectivity index (χ3n) is 3.57. The number of carbonyl (C=O) groups excluding carboxylic acids is 2. The molecule has 3 rings (SSSR count). The summed E-state index contributed by atoms with van der Waals surface area (Å²) in [6.45, 7) is 0.954. The number of amides is 3. The van der Waals surface area contributed by atoms with Crippen LogP contribution in [0, 0.1) is 0 Å². The summed E-state index contributed by atoms with van der Waals surface area (Å²) >= 11 is 0. The Kier molecular flexibility index (Phi) is 4.03. The van der Waals surface area contributed by atoms with Crippen LogP contribution >= 0.6 is 0 Å². The largest absolute Gasteiger partial charge is 0.459 e. The number of fused-ring (bicyclic) bond motifs is 1. The van der Waals surface area contributed by atoms with Crippen molar-refractivity contribution in [1.29, 1.82) is 0 Å². The summed E-state index contributed by atoms with van der Waals surface area (Å²) in [7, 11) is 0. The number of hydrogen-bond acceptors (Lipinski definition) is 4. The number of rotatable bonds is 2. The fourth-order valence-corrected chi connectivity index (χ4v) is 2.24. The van der Waals surface area contributed by atoms with Crippen molar-refractivity contribution in [2.45, 2.75) is 18.8 Å². The zero-order valence-corrected chi connectivity index (χ0v) is 13.1. The fourth-order valence-electron chi connectivity index (χ4n) is 2.24. The maximum absolute atomic E-state index is 14.3. The summed E-state index contributed by atoms with van der Waals surface area (Å²) in [5.41, 5.74) is -2.29. The van der Waals surface area contributed by atoms with Gasteiger partial charge in [0.1, 0.15) is 0 Å². The van der Waals surface area contributed by atoms with E-state index in [0.717, 1.165) is 6.92 Å². The molecular formula is C17H14F2N2O4. The molecule has 0 aliphatic carbocycles. The summed E-state index contributed by atoms with van der Waals surface area (Å²) in [6, 6.07) is 12.6. The number of ether oxygens (including phenoxy) is 2. The van der Waals surface area contributed by atoms with E-state index in [9.17, 15) is 18.4 Å². The molecule has 3 amide bonds. The maximum Gasteiger partial charge on any atom is 0.459 e. The molecule has 0 fully saturated rings. The number of halogens is 2. The number of benzene rings is 2. The van der Waals surface area contributed by atoms with E-state index in [4.69, 9.17) is 4.74 Å². The Labute approximate surface area is 141 Å². The van der Waals surface area contributed by atoms with Crippen molar-refractivity contribution in [3.05, 3.63) is 60.2 Å². The summed E-state index contributed by atoms with van der Waals surface area (Å²) in [5, 5.41) is 3.93. The van der Waals surface area contributed by atoms with Gasteiger partial charge in [0.15, 0.2) is 11.5 Å². The lowest BCUT2D eigenvalue weighted by atomic mass is 10.2. The first kappa shape index (κ1) is 16.7. The molecule has 1 aliphatic heterocycles. The van der Waals surface area contributed by atoms with Crippen LogP contribution in [0.15, 0.2) is 54.6 Å². The molecule has 0 aromatic heterocycles. The van der Waals surface area contributed by atoms with Gasteiger partial charge in [-0.3, -0.25) is 15.4 Å². The SMILES string of the molecule is CC1(NC(=O)NC(=O)c2ccccc2)Oc2ccccc2OC1(F)F. The van der Waals surface area contributed by atoms with Gasteiger partial charge in [-0.05, 0) is 24.3 Å². The Morgan fingerprint density at radius 3 is 2.12 bits per heavy atom. The zero-order valence-electron chi connectivity index (χ0n) is 13.1. The number of imide groups is 1. The highest BCUT2D eigenvalue weighted by atomic mass is 19.3. The van der Waals surface area contributed by atoms with Crippen molar-refractivity contribution in [3.8, 4) is 11.5 Å². The Morgan fingerprint density at radius 2 is 1.48 bits per heavy atom. The molecule has 2 N–H and O–H groups in total. The molecule has 130 valence electrons. The van der Waals surface area contributed by atoms with Crippen molar-refractivity contribution in [2.75, 3.05) is 0 Å². The lowest BCUT2D eigenvalue weighted by Crippen LogP contribution is -2.67. The van der Waals surface area contributed by atoms with Crippen LogP contribution in [0.4, 0.5) is 13.6 Å². The summed E-state index contributed by atoms with van der Waals surface area (Å²) < 4.78 is 38.4. The van der Waals surface area contributed by atoms with Crippen molar-refractivity contribution in [2.24, 2.45) is 0 Å². The van der Waals surface area contributed by atoms with Crippen molar-refractivity contribution in [3.63, 3.8) is 0 Å². The van der Waals surface area contributed by atoms with Crippen LogP contribution in [-0.2, 0) is 0 Å². The van der Waals surface area contributed by atoms with E-state index in [-0.39, 0.29) is 17.1 Å². The van der Waals surface area contributed by atoms with E-state index in [2.05, 4.69) is 4.74 Å². The second kappa shape index (κ2) is 6.04. The van der Waals surface area contributed by atoms with E-state index in [1.165, 1.54) is 30.3 Å². The van der Waals surface area contributed by atoms with Crippen LogP contribution in [0.3, 0.4) is 0 Å². The highest BCUT2D eigenvalue weighted by Crippen LogP contribution is 2.43. The van der Waals surface area contributed by atoms with Crippen LogP contribution in [0.5, 0.6) is 11.5 Å². The van der Waals surface area contributed by atoms with E-state index < -0.39 is 23.8 Å². The number of alkyl halides is 2. The predicted octanol–water partition coefficient (Wildman–Crippen LogP) is 2.91. The molecule has 2 aromatic carbocycles. The molecule has 1 unspecified atom stereocenters. The molecule has 0 bridgehead atoms. The highest BCUT2D eigenvalue weighted by molar-refractivity contribution is 6.04. The standard InChI is InChI=1S/C17H14F2N2O4/c1-16(17(18,19)25-13-10-6-5-9-12(13)24-16)21-15(23)20-14(22)11-7-3-2-4-8-11/h2-10H,1H3,(H2,20,21,22,23). The summed E-state index contributed by atoms with van der Waals surface area (Å²) in [6.07, 6.45) is -3.85. The molecule has 1 heterocycles. The Bertz CT molecular complexity index is 813. The number of para-hydroxylation sites is 2. The topological polar surface area (TPSA) is 76.7 Å². The van der Waals surface area contributed by atoms with Gasteiger partial charge in [0, 0.05) is 12.5 Å².